The number of nitrogens with one attached hydrogen (secondary N) is 1. The number of ketones is 1. The zero-order chi connectivity index (χ0) is 34.1. The first-order chi connectivity index (χ1) is 22.4. The van der Waals surface area contributed by atoms with Gasteiger partial charge in [0.15, 0.2) is 28.7 Å². The molecule has 13 nitrogen and oxygen atoms in total. The number of hydrogen-bond acceptors (Lipinski definition) is 12. The molecule has 1 heterocycles. The number of azo groups is 1. The number of benzene rings is 3. The molecule has 0 saturated heterocycles. The standard InChI is InChI=1S/C33H31N5O8S/c1-20-17-21(2)35-33(34-20)38-47(43,44)25-11-9-24(10-12-25)36-37-32(28(41)15-7-22-5-13-26(39)30(18-22)45-3)29(42)16-8-23-6-14-27(40)31(19-23)46-4/h5-19,39-41H,1-4H3,(H,34,35,38)/b15-7+,16-8+,32-28+,37-36?. The topological polar surface area (TPSA) is 193 Å². The Morgan fingerprint density at radius 3 is 1.87 bits per heavy atom. The lowest BCUT2D eigenvalue weighted by Gasteiger charge is -2.08. The van der Waals surface area contributed by atoms with Crippen molar-refractivity contribution in [1.29, 1.82) is 0 Å². The van der Waals surface area contributed by atoms with Gasteiger partial charge in [-0.2, -0.15) is 5.11 Å². The highest BCUT2D eigenvalue weighted by molar-refractivity contribution is 7.92. The molecular weight excluding hydrogens is 626 g/mol. The molecule has 0 atom stereocenters. The summed E-state index contributed by atoms with van der Waals surface area (Å²) in [5.41, 5.74) is 2.01. The number of carbonyl (C=O) groups excluding carboxylic acids is 1. The highest BCUT2D eigenvalue weighted by Gasteiger charge is 2.17. The fraction of sp³-hybridized carbons (Fsp3) is 0.121. The van der Waals surface area contributed by atoms with Crippen LogP contribution in [0.25, 0.3) is 12.2 Å². The van der Waals surface area contributed by atoms with E-state index in [0.29, 0.717) is 22.5 Å². The van der Waals surface area contributed by atoms with E-state index in [0.717, 1.165) is 6.08 Å². The van der Waals surface area contributed by atoms with Crippen molar-refractivity contribution in [2.24, 2.45) is 10.2 Å². The Hall–Kier alpha value is -6.02. The Kier molecular flexibility index (Phi) is 10.7. The molecule has 0 amide bonds. The lowest BCUT2D eigenvalue weighted by molar-refractivity contribution is -0.111. The second-order valence-electron chi connectivity index (χ2n) is 9.90. The molecule has 0 radical (unpaired) electrons. The van der Waals surface area contributed by atoms with E-state index in [1.807, 2.05) is 0 Å². The van der Waals surface area contributed by atoms with Crippen LogP contribution in [0.3, 0.4) is 0 Å². The number of aliphatic hydroxyl groups excluding tert-OH is 1. The maximum Gasteiger partial charge on any atom is 0.264 e. The predicted molar refractivity (Wildman–Crippen MR) is 175 cm³/mol. The molecule has 0 aliphatic rings. The van der Waals surface area contributed by atoms with E-state index >= 15 is 0 Å². The quantitative estimate of drug-likeness (QED) is 0.0592. The summed E-state index contributed by atoms with van der Waals surface area (Å²) in [5.74, 6) is -1.05. The molecule has 0 bridgehead atoms. The molecule has 3 aromatic carbocycles. The van der Waals surface area contributed by atoms with Gasteiger partial charge in [-0.15, -0.1) is 5.11 Å². The number of aromatic nitrogens is 2. The number of anilines is 1. The van der Waals surface area contributed by atoms with Crippen molar-refractivity contribution >= 4 is 39.6 Å². The zero-order valence-corrected chi connectivity index (χ0v) is 26.6. The van der Waals surface area contributed by atoms with E-state index < -0.39 is 27.3 Å². The van der Waals surface area contributed by atoms with Gasteiger partial charge < -0.3 is 24.8 Å². The second-order valence-corrected chi connectivity index (χ2v) is 11.6. The number of ether oxygens (including phenoxy) is 2. The monoisotopic (exact) mass is 657 g/mol. The number of allylic oxidation sites excluding steroid dienone is 2. The second kappa shape index (κ2) is 14.8. The van der Waals surface area contributed by atoms with Crippen LogP contribution in [0, 0.1) is 13.8 Å². The summed E-state index contributed by atoms with van der Waals surface area (Å²) in [6.07, 6.45) is 5.30. The molecule has 0 fully saturated rings. The Labute approximate surface area is 271 Å². The Balaban J connectivity index is 1.63. The van der Waals surface area contributed by atoms with Crippen molar-refractivity contribution < 1.29 is 38.0 Å². The molecule has 0 aliphatic heterocycles. The number of phenols is 2. The number of aliphatic hydroxyl groups is 1. The zero-order valence-electron chi connectivity index (χ0n) is 25.7. The number of aromatic hydroxyl groups is 2. The normalized spacial score (nSPS) is 12.4. The summed E-state index contributed by atoms with van der Waals surface area (Å²) >= 11 is 0. The molecule has 0 saturated carbocycles. The lowest BCUT2D eigenvalue weighted by Crippen LogP contribution is -2.15. The van der Waals surface area contributed by atoms with E-state index in [1.54, 1.807) is 32.0 Å². The van der Waals surface area contributed by atoms with E-state index in [4.69, 9.17) is 9.47 Å². The number of hydrogen-bond donors (Lipinski definition) is 4. The van der Waals surface area contributed by atoms with Gasteiger partial charge in [-0.25, -0.2) is 23.1 Å². The summed E-state index contributed by atoms with van der Waals surface area (Å²) in [6.45, 7) is 3.44. The van der Waals surface area contributed by atoms with Crippen molar-refractivity contribution in [3.63, 3.8) is 0 Å². The predicted octanol–water partition coefficient (Wildman–Crippen LogP) is 6.17. The highest BCUT2D eigenvalue weighted by Crippen LogP contribution is 2.28. The van der Waals surface area contributed by atoms with Crippen LogP contribution in [0.2, 0.25) is 0 Å². The first-order valence-electron chi connectivity index (χ1n) is 13.8. The number of nitrogens with zero attached hydrogens (tertiary/aromatic N) is 4. The van der Waals surface area contributed by atoms with Crippen LogP contribution in [0.15, 0.2) is 105 Å². The fourth-order valence-electron chi connectivity index (χ4n) is 4.08. The van der Waals surface area contributed by atoms with Gasteiger partial charge in [0, 0.05) is 11.4 Å². The third kappa shape index (κ3) is 9.02. The average molecular weight is 658 g/mol. The van der Waals surface area contributed by atoms with Crippen LogP contribution in [-0.4, -0.2) is 53.7 Å². The smallest absolute Gasteiger partial charge is 0.264 e. The van der Waals surface area contributed by atoms with Gasteiger partial charge >= 0.3 is 0 Å². The van der Waals surface area contributed by atoms with E-state index in [9.17, 15) is 28.5 Å². The van der Waals surface area contributed by atoms with E-state index in [2.05, 4.69) is 24.9 Å². The molecule has 0 unspecified atom stereocenters. The molecule has 4 N–H and O–H groups in total. The van der Waals surface area contributed by atoms with Crippen molar-refractivity contribution in [2.75, 3.05) is 18.9 Å². The molecule has 4 aromatic rings. The minimum absolute atomic E-state index is 0.0624. The Bertz CT molecular complexity index is 2000. The van der Waals surface area contributed by atoms with E-state index in [1.165, 1.54) is 81.0 Å². The maximum atomic E-state index is 13.2. The van der Waals surface area contributed by atoms with Gasteiger partial charge in [0.25, 0.3) is 10.0 Å². The summed E-state index contributed by atoms with van der Waals surface area (Å²) in [6, 6.07) is 16.0. The van der Waals surface area contributed by atoms with Gasteiger partial charge in [0.05, 0.1) is 24.8 Å². The van der Waals surface area contributed by atoms with Crippen LogP contribution in [-0.2, 0) is 14.8 Å². The van der Waals surface area contributed by atoms with Crippen LogP contribution in [0.4, 0.5) is 11.6 Å². The maximum absolute atomic E-state index is 13.2. The number of sulfonamides is 1. The molecule has 1 aromatic heterocycles. The molecule has 4 rings (SSSR count). The van der Waals surface area contributed by atoms with E-state index in [-0.39, 0.29) is 39.5 Å². The SMILES string of the molecule is COc1cc(/C=C/C(=O)/C(N=Nc2ccc(S(=O)(=O)Nc3nc(C)cc(C)n3)cc2)=C(O)/C=C/c2ccc(O)c(OC)c2)ccc1O. The van der Waals surface area contributed by atoms with Crippen LogP contribution < -0.4 is 14.2 Å². The van der Waals surface area contributed by atoms with Crippen LogP contribution >= 0.6 is 0 Å². The van der Waals surface area contributed by atoms with Gasteiger partial charge in [-0.3, -0.25) is 4.79 Å². The Morgan fingerprint density at radius 2 is 1.34 bits per heavy atom. The lowest BCUT2D eigenvalue weighted by atomic mass is 10.1. The van der Waals surface area contributed by atoms with Gasteiger partial charge in [-0.05, 0) is 91.7 Å². The van der Waals surface area contributed by atoms with Gasteiger partial charge in [-0.1, -0.05) is 24.3 Å². The molecule has 0 aliphatic carbocycles. The molecule has 14 heteroatoms. The van der Waals surface area contributed by atoms with Crippen molar-refractivity contribution in [2.45, 2.75) is 18.7 Å². The van der Waals surface area contributed by atoms with Crippen molar-refractivity contribution in [3.05, 3.63) is 113 Å². The molecule has 242 valence electrons. The average Bonchev–Trinajstić information content (AvgIpc) is 3.03. The highest BCUT2D eigenvalue weighted by atomic mass is 32.2. The minimum Gasteiger partial charge on any atom is -0.505 e. The van der Waals surface area contributed by atoms with Gasteiger partial charge in [0.1, 0.15) is 5.76 Å². The summed E-state index contributed by atoms with van der Waals surface area (Å²) < 4.78 is 38.3. The fourth-order valence-corrected chi connectivity index (χ4v) is 5.02. The largest absolute Gasteiger partial charge is 0.505 e. The first-order valence-corrected chi connectivity index (χ1v) is 15.3. The molecule has 47 heavy (non-hydrogen) atoms. The summed E-state index contributed by atoms with van der Waals surface area (Å²) in [4.78, 5) is 21.3. The number of phenolic OH excluding ortho intramolecular Hbond substituents is 2. The summed E-state index contributed by atoms with van der Waals surface area (Å²) in [5, 5.41) is 38.6. The van der Waals surface area contributed by atoms with Gasteiger partial charge in [0.2, 0.25) is 11.7 Å². The first kappa shape index (κ1) is 33.9. The molecular formula is C33H31N5O8S. The number of carbonyl (C=O) groups is 1. The van der Waals surface area contributed by atoms with Crippen LogP contribution in [0.5, 0.6) is 23.0 Å². The number of methoxy groups -OCH3 is 2. The third-order valence-electron chi connectivity index (χ3n) is 6.36. The summed E-state index contributed by atoms with van der Waals surface area (Å²) in [7, 11) is -1.24. The number of aryl methyl sites for hydroxylation is 2. The third-order valence-corrected chi connectivity index (χ3v) is 7.71. The van der Waals surface area contributed by atoms with Crippen molar-refractivity contribution in [3.8, 4) is 23.0 Å². The molecule has 0 spiro atoms. The van der Waals surface area contributed by atoms with Crippen molar-refractivity contribution in [1.82, 2.24) is 9.97 Å². The van der Waals surface area contributed by atoms with Crippen LogP contribution in [0.1, 0.15) is 22.5 Å². The Morgan fingerprint density at radius 1 is 0.809 bits per heavy atom. The minimum atomic E-state index is -4.02. The number of rotatable bonds is 12.